The number of amides is 2. The van der Waals surface area contributed by atoms with Crippen LogP contribution in [0.4, 0.5) is 16.2 Å². The molecular formula is C25H23N5O2. The Morgan fingerprint density at radius 2 is 2.06 bits per heavy atom. The Morgan fingerprint density at radius 1 is 1.16 bits per heavy atom. The topological polar surface area (TPSA) is 84.0 Å². The molecule has 0 aliphatic carbocycles. The second-order valence-corrected chi connectivity index (χ2v) is 7.40. The normalized spacial score (nSPS) is 12.4. The second-order valence-electron chi connectivity index (χ2n) is 7.40. The maximum absolute atomic E-state index is 12.7. The first-order valence-corrected chi connectivity index (χ1v) is 10.1. The van der Waals surface area contributed by atoms with Crippen LogP contribution < -0.4 is 15.4 Å². The van der Waals surface area contributed by atoms with Crippen molar-refractivity contribution >= 4 is 39.3 Å². The zero-order valence-electron chi connectivity index (χ0n) is 19.6. The molecule has 0 aliphatic rings. The van der Waals surface area contributed by atoms with Gasteiger partial charge < -0.3 is 24.9 Å². The van der Waals surface area contributed by atoms with Gasteiger partial charge in [0.15, 0.2) is 0 Å². The summed E-state index contributed by atoms with van der Waals surface area (Å²) in [4.78, 5) is 20.0. The zero-order valence-corrected chi connectivity index (χ0v) is 17.6. The molecule has 0 unspecified atom stereocenters. The lowest BCUT2D eigenvalue weighted by atomic mass is 10.2. The number of pyridine rings is 1. The van der Waals surface area contributed by atoms with E-state index in [1.165, 1.54) is 0 Å². The van der Waals surface area contributed by atoms with Crippen molar-refractivity contribution in [3.8, 4) is 5.75 Å². The molecule has 0 saturated heterocycles. The lowest BCUT2D eigenvalue weighted by Gasteiger charge is -2.12. The molecule has 7 heteroatoms. The van der Waals surface area contributed by atoms with Crippen LogP contribution in [0.5, 0.6) is 5.75 Å². The van der Waals surface area contributed by atoms with Crippen LogP contribution in [0.3, 0.4) is 0 Å². The SMILES string of the molecule is [2H]C([2H])(c1ccnc2[nH]ccc12)n1ccc2c(NC(=O)Nc3ccc(OC)c(C)c3)cccc21. The van der Waals surface area contributed by atoms with Gasteiger partial charge in [0.1, 0.15) is 11.4 Å². The van der Waals surface area contributed by atoms with Crippen LogP contribution in [0.25, 0.3) is 21.9 Å². The molecule has 0 spiro atoms. The van der Waals surface area contributed by atoms with E-state index in [1.807, 2.05) is 25.1 Å². The molecule has 5 rings (SSSR count). The number of H-pyrrole nitrogens is 1. The predicted octanol–water partition coefficient (Wildman–Crippen LogP) is 5.53. The van der Waals surface area contributed by atoms with E-state index in [9.17, 15) is 4.79 Å². The Kier molecular flexibility index (Phi) is 4.42. The van der Waals surface area contributed by atoms with Crippen molar-refractivity contribution in [2.75, 3.05) is 17.7 Å². The van der Waals surface area contributed by atoms with E-state index in [0.29, 0.717) is 28.1 Å². The highest BCUT2D eigenvalue weighted by Crippen LogP contribution is 2.27. The van der Waals surface area contributed by atoms with E-state index in [2.05, 4.69) is 20.6 Å². The minimum absolute atomic E-state index is 0.393. The van der Waals surface area contributed by atoms with E-state index < -0.39 is 12.5 Å². The van der Waals surface area contributed by atoms with Crippen LogP contribution >= 0.6 is 0 Å². The maximum Gasteiger partial charge on any atom is 0.323 e. The molecular weight excluding hydrogens is 402 g/mol. The van der Waals surface area contributed by atoms with Gasteiger partial charge in [-0.25, -0.2) is 9.78 Å². The molecule has 0 saturated carbocycles. The number of methoxy groups -OCH3 is 1. The Bertz CT molecular complexity index is 1520. The number of hydrogen-bond acceptors (Lipinski definition) is 3. The van der Waals surface area contributed by atoms with Crippen LogP contribution in [0.15, 0.2) is 73.2 Å². The third-order valence-electron chi connectivity index (χ3n) is 5.33. The monoisotopic (exact) mass is 427 g/mol. The summed E-state index contributed by atoms with van der Waals surface area (Å²) in [5.74, 6) is 0.748. The number of ether oxygens (including phenoxy) is 1. The molecule has 7 nitrogen and oxygen atoms in total. The minimum Gasteiger partial charge on any atom is -0.496 e. The first kappa shape index (κ1) is 17.4. The van der Waals surface area contributed by atoms with Gasteiger partial charge in [-0.2, -0.15) is 0 Å². The van der Waals surface area contributed by atoms with Crippen LogP contribution in [-0.4, -0.2) is 27.7 Å². The molecule has 5 aromatic rings. The summed E-state index contributed by atoms with van der Waals surface area (Å²) < 4.78 is 24.7. The molecule has 3 aromatic heterocycles. The van der Waals surface area contributed by atoms with Crippen molar-refractivity contribution in [2.24, 2.45) is 0 Å². The summed E-state index contributed by atoms with van der Waals surface area (Å²) in [5, 5.41) is 7.16. The number of anilines is 2. The fourth-order valence-corrected chi connectivity index (χ4v) is 3.80. The molecule has 3 heterocycles. The van der Waals surface area contributed by atoms with E-state index in [1.54, 1.807) is 66.7 Å². The van der Waals surface area contributed by atoms with Gasteiger partial charge in [-0.15, -0.1) is 0 Å². The maximum atomic E-state index is 12.7. The van der Waals surface area contributed by atoms with Gasteiger partial charge in [-0.05, 0) is 66.6 Å². The second kappa shape index (κ2) is 8.11. The number of nitrogens with zero attached hydrogens (tertiary/aromatic N) is 2. The Morgan fingerprint density at radius 3 is 2.91 bits per heavy atom. The van der Waals surface area contributed by atoms with Crippen molar-refractivity contribution in [3.05, 3.63) is 84.3 Å². The van der Waals surface area contributed by atoms with Gasteiger partial charge in [0.2, 0.25) is 0 Å². The number of urea groups is 1. The Labute approximate surface area is 187 Å². The molecule has 160 valence electrons. The van der Waals surface area contributed by atoms with E-state index >= 15 is 0 Å². The average molecular weight is 428 g/mol. The summed E-state index contributed by atoms with van der Waals surface area (Å²) in [6.07, 6.45) is 5.03. The molecule has 3 N–H and O–H groups in total. The van der Waals surface area contributed by atoms with Crippen molar-refractivity contribution < 1.29 is 12.3 Å². The summed E-state index contributed by atoms with van der Waals surface area (Å²) in [7, 11) is 1.60. The van der Waals surface area contributed by atoms with Crippen LogP contribution in [-0.2, 0) is 6.50 Å². The van der Waals surface area contributed by atoms with Gasteiger partial charge in [-0.1, -0.05) is 6.07 Å². The van der Waals surface area contributed by atoms with Crippen molar-refractivity contribution in [3.63, 3.8) is 0 Å². The molecule has 0 aliphatic heterocycles. The van der Waals surface area contributed by atoms with Crippen molar-refractivity contribution in [2.45, 2.75) is 13.4 Å². The molecule has 2 amide bonds. The molecule has 32 heavy (non-hydrogen) atoms. The number of aromatic nitrogens is 3. The summed E-state index contributed by atoms with van der Waals surface area (Å²) in [6.45, 7) is 0.0655. The number of fused-ring (bicyclic) bond motifs is 2. The third kappa shape index (κ3) is 3.65. The number of aryl methyl sites for hydroxylation is 1. The van der Waals surface area contributed by atoms with Gasteiger partial charge in [0.25, 0.3) is 0 Å². The minimum atomic E-state index is -1.84. The lowest BCUT2D eigenvalue weighted by Crippen LogP contribution is -2.19. The Hall–Kier alpha value is -4.26. The highest BCUT2D eigenvalue weighted by molar-refractivity contribution is 6.05. The molecule has 0 atom stereocenters. The number of nitrogens with one attached hydrogen (secondary N) is 3. The quantitative estimate of drug-likeness (QED) is 0.345. The van der Waals surface area contributed by atoms with E-state index in [-0.39, 0.29) is 0 Å². The van der Waals surface area contributed by atoms with Crippen LogP contribution in [0, 0.1) is 6.92 Å². The fraction of sp³-hybridized carbons (Fsp3) is 0.120. The van der Waals surface area contributed by atoms with Crippen molar-refractivity contribution in [1.82, 2.24) is 14.5 Å². The standard InChI is InChI=1S/C25H23N5O2/c1-16-14-18(6-7-23(16)32-2)28-25(31)29-21-4-3-5-22-20(21)10-13-30(22)15-17-8-11-26-24-19(17)9-12-27-24/h3-14H,15H2,1-2H3,(H,26,27)(H2,28,29,31)/i15D2. The highest BCUT2D eigenvalue weighted by Gasteiger charge is 2.11. The van der Waals surface area contributed by atoms with Crippen LogP contribution in [0.1, 0.15) is 13.9 Å². The number of carbonyl (C=O) groups is 1. The smallest absolute Gasteiger partial charge is 0.323 e. The third-order valence-corrected chi connectivity index (χ3v) is 5.33. The largest absolute Gasteiger partial charge is 0.496 e. The van der Waals surface area contributed by atoms with Gasteiger partial charge >= 0.3 is 6.03 Å². The predicted molar refractivity (Wildman–Crippen MR) is 128 cm³/mol. The number of carbonyl (C=O) groups excluding carboxylic acids is 1. The van der Waals surface area contributed by atoms with E-state index in [0.717, 1.165) is 22.1 Å². The fourth-order valence-electron chi connectivity index (χ4n) is 3.80. The first-order chi connectivity index (χ1) is 16.4. The summed E-state index contributed by atoms with van der Waals surface area (Å²) in [6, 6.07) is 15.7. The summed E-state index contributed by atoms with van der Waals surface area (Å²) >= 11 is 0. The molecule has 0 radical (unpaired) electrons. The van der Waals surface area contributed by atoms with Crippen LogP contribution in [0.2, 0.25) is 0 Å². The number of benzene rings is 2. The molecule has 0 fully saturated rings. The molecule has 2 aromatic carbocycles. The Balaban J connectivity index is 1.45. The number of rotatable bonds is 5. The van der Waals surface area contributed by atoms with Gasteiger partial charge in [-0.3, -0.25) is 0 Å². The van der Waals surface area contributed by atoms with Gasteiger partial charge in [0, 0.05) is 41.5 Å². The lowest BCUT2D eigenvalue weighted by molar-refractivity contribution is 0.262. The van der Waals surface area contributed by atoms with Gasteiger partial charge in [0.05, 0.1) is 21.1 Å². The summed E-state index contributed by atoms with van der Waals surface area (Å²) in [5.41, 5.74) is 3.92. The molecule has 0 bridgehead atoms. The number of aromatic amines is 1. The van der Waals surface area contributed by atoms with E-state index in [4.69, 9.17) is 7.48 Å². The average Bonchev–Trinajstić information content (AvgIpc) is 3.47. The highest BCUT2D eigenvalue weighted by atomic mass is 16.5. The van der Waals surface area contributed by atoms with Crippen molar-refractivity contribution in [1.29, 1.82) is 0 Å². The number of hydrogen-bond donors (Lipinski definition) is 3. The zero-order chi connectivity index (χ0) is 23.9. The first-order valence-electron chi connectivity index (χ1n) is 11.1.